The first-order chi connectivity index (χ1) is 13.6. The Morgan fingerprint density at radius 2 is 1.82 bits per heavy atom. The van der Waals surface area contributed by atoms with Gasteiger partial charge in [0.1, 0.15) is 11.5 Å². The molecule has 0 saturated heterocycles. The molecular weight excluding hydrogens is 382 g/mol. The molecule has 0 spiro atoms. The lowest BCUT2D eigenvalue weighted by Gasteiger charge is -2.09. The van der Waals surface area contributed by atoms with Crippen molar-refractivity contribution in [1.29, 1.82) is 0 Å². The van der Waals surface area contributed by atoms with E-state index in [-0.39, 0.29) is 12.3 Å². The second-order valence-electron chi connectivity index (χ2n) is 5.70. The lowest BCUT2D eigenvalue weighted by molar-refractivity contribution is -0.704. The summed E-state index contributed by atoms with van der Waals surface area (Å²) < 4.78 is 16.8. The minimum absolute atomic E-state index is 0.186. The van der Waals surface area contributed by atoms with E-state index in [4.69, 9.17) is 14.0 Å². The van der Waals surface area contributed by atoms with Crippen molar-refractivity contribution in [2.24, 2.45) is 0 Å². The van der Waals surface area contributed by atoms with Gasteiger partial charge in [0.25, 0.3) is 0 Å². The van der Waals surface area contributed by atoms with Crippen molar-refractivity contribution in [3.63, 3.8) is 0 Å². The number of aromatic amines is 1. The number of para-hydroxylation sites is 1. The number of H-pyrrole nitrogens is 1. The van der Waals surface area contributed by atoms with Gasteiger partial charge in [0.15, 0.2) is 0 Å². The van der Waals surface area contributed by atoms with Crippen LogP contribution in [0.15, 0.2) is 62.9 Å². The molecule has 146 valence electrons. The largest absolute Gasteiger partial charge is 0.497 e. The summed E-state index contributed by atoms with van der Waals surface area (Å²) in [6, 6.07) is 14.4. The monoisotopic (exact) mass is 402 g/mol. The Balaban J connectivity index is 1.61. The van der Waals surface area contributed by atoms with Crippen LogP contribution >= 0.6 is 11.8 Å². The predicted molar refractivity (Wildman–Crippen MR) is 104 cm³/mol. The normalized spacial score (nSPS) is 10.5. The molecule has 9 heteroatoms. The van der Waals surface area contributed by atoms with Gasteiger partial charge in [0.05, 0.1) is 14.2 Å². The van der Waals surface area contributed by atoms with Crippen molar-refractivity contribution in [2.45, 2.75) is 11.4 Å². The second kappa shape index (κ2) is 9.14. The molecule has 3 aromatic rings. The van der Waals surface area contributed by atoms with E-state index in [0.717, 1.165) is 5.69 Å². The highest BCUT2D eigenvalue weighted by Gasteiger charge is 2.23. The summed E-state index contributed by atoms with van der Waals surface area (Å²) in [4.78, 5) is 24.2. The molecule has 2 N–H and O–H groups in total. The molecule has 3 rings (SSSR count). The van der Waals surface area contributed by atoms with Gasteiger partial charge in [-0.3, -0.25) is 9.32 Å². The Bertz CT molecular complexity index is 978. The van der Waals surface area contributed by atoms with Crippen LogP contribution in [-0.4, -0.2) is 31.2 Å². The molecular formula is C19H20N3O5S+. The third kappa shape index (κ3) is 4.74. The fourth-order valence-electron chi connectivity index (χ4n) is 2.48. The van der Waals surface area contributed by atoms with Gasteiger partial charge in [-0.15, -0.1) is 0 Å². The number of ether oxygens (including phenoxy) is 2. The zero-order valence-electron chi connectivity index (χ0n) is 15.4. The molecule has 28 heavy (non-hydrogen) atoms. The average Bonchev–Trinajstić information content (AvgIpc) is 3.08. The lowest BCUT2D eigenvalue weighted by atomic mass is 10.2. The smallest absolute Gasteiger partial charge is 0.442 e. The number of hydrogen-bond donors (Lipinski definition) is 2. The molecule has 8 nitrogen and oxygen atoms in total. The van der Waals surface area contributed by atoms with E-state index in [1.165, 1.54) is 11.8 Å². The summed E-state index contributed by atoms with van der Waals surface area (Å²) in [5.74, 6) is 1.38. The molecule has 0 aliphatic rings. The summed E-state index contributed by atoms with van der Waals surface area (Å²) in [5.41, 5.74) is 0.863. The molecule has 0 aliphatic carbocycles. The number of aromatic nitrogens is 2. The minimum Gasteiger partial charge on any atom is -0.497 e. The number of benzene rings is 2. The summed E-state index contributed by atoms with van der Waals surface area (Å²) in [6.45, 7) is 0. The SMILES string of the molecule is COc1cc(NC(=O)CCSc2c(=O)o[nH][n+]2-c2ccccc2)cc(OC)c1. The van der Waals surface area contributed by atoms with Crippen LogP contribution in [0.5, 0.6) is 11.5 Å². The van der Waals surface area contributed by atoms with Gasteiger partial charge < -0.3 is 14.8 Å². The number of methoxy groups -OCH3 is 2. The maximum atomic E-state index is 12.3. The summed E-state index contributed by atoms with van der Waals surface area (Å²) >= 11 is 1.24. The van der Waals surface area contributed by atoms with E-state index in [0.29, 0.717) is 28.0 Å². The van der Waals surface area contributed by atoms with Crippen LogP contribution in [0.3, 0.4) is 0 Å². The van der Waals surface area contributed by atoms with Crippen LogP contribution in [0.25, 0.3) is 5.69 Å². The van der Waals surface area contributed by atoms with E-state index in [1.807, 2.05) is 30.3 Å². The first-order valence-corrected chi connectivity index (χ1v) is 9.44. The zero-order valence-corrected chi connectivity index (χ0v) is 16.2. The number of nitrogens with zero attached hydrogens (tertiary/aromatic N) is 1. The van der Waals surface area contributed by atoms with Gasteiger partial charge in [0.2, 0.25) is 11.6 Å². The summed E-state index contributed by atoms with van der Waals surface area (Å²) in [7, 11) is 3.09. The zero-order chi connectivity index (χ0) is 19.9. The quantitative estimate of drug-likeness (QED) is 0.444. The van der Waals surface area contributed by atoms with Crippen molar-refractivity contribution < 1.29 is 23.5 Å². The van der Waals surface area contributed by atoms with Crippen molar-refractivity contribution in [3.05, 3.63) is 59.0 Å². The van der Waals surface area contributed by atoms with E-state index >= 15 is 0 Å². The van der Waals surface area contributed by atoms with E-state index in [9.17, 15) is 9.59 Å². The van der Waals surface area contributed by atoms with Crippen molar-refractivity contribution in [1.82, 2.24) is 5.27 Å². The number of rotatable bonds is 8. The van der Waals surface area contributed by atoms with Crippen LogP contribution in [0.4, 0.5) is 5.69 Å². The first kappa shape index (κ1) is 19.6. The van der Waals surface area contributed by atoms with Gasteiger partial charge >= 0.3 is 10.7 Å². The van der Waals surface area contributed by atoms with Crippen LogP contribution in [0, 0.1) is 0 Å². The molecule has 1 aromatic heterocycles. The molecule has 1 heterocycles. The maximum absolute atomic E-state index is 12.3. The topological polar surface area (TPSA) is 97.4 Å². The number of thioether (sulfide) groups is 1. The van der Waals surface area contributed by atoms with Crippen LogP contribution < -0.4 is 25.1 Å². The third-order valence-corrected chi connectivity index (χ3v) is 4.86. The van der Waals surface area contributed by atoms with Gasteiger partial charge in [-0.2, -0.15) is 0 Å². The molecule has 0 unspecified atom stereocenters. The lowest BCUT2D eigenvalue weighted by Crippen LogP contribution is -2.36. The highest BCUT2D eigenvalue weighted by atomic mass is 32.2. The molecule has 0 aliphatic heterocycles. The summed E-state index contributed by atoms with van der Waals surface area (Å²) in [6.07, 6.45) is 0.212. The van der Waals surface area contributed by atoms with E-state index in [2.05, 4.69) is 10.6 Å². The number of hydrogen-bond acceptors (Lipinski definition) is 6. The summed E-state index contributed by atoms with van der Waals surface area (Å²) in [5, 5.41) is 5.75. The van der Waals surface area contributed by atoms with E-state index < -0.39 is 5.63 Å². The number of carbonyl (C=O) groups is 1. The Hall–Kier alpha value is -3.20. The van der Waals surface area contributed by atoms with Crippen molar-refractivity contribution in [2.75, 3.05) is 25.3 Å². The second-order valence-corrected chi connectivity index (χ2v) is 6.79. The van der Waals surface area contributed by atoms with Gasteiger partial charge in [-0.1, -0.05) is 18.2 Å². The highest BCUT2D eigenvalue weighted by molar-refractivity contribution is 7.99. The van der Waals surface area contributed by atoms with Gasteiger partial charge in [0, 0.05) is 48.2 Å². The number of amides is 1. The van der Waals surface area contributed by atoms with Crippen LogP contribution in [-0.2, 0) is 4.79 Å². The standard InChI is InChI=1S/C19H19N3O5S/c1-25-15-10-13(11-16(12-15)26-2)20-17(23)8-9-28-18-19(24)27-21-22(18)14-6-4-3-5-7-14/h3-7,10-12H,8-9H2,1-2H3,(H-,20,21,23,24)/p+1. The fourth-order valence-corrected chi connectivity index (χ4v) is 3.39. The van der Waals surface area contributed by atoms with Crippen LogP contribution in [0.2, 0.25) is 0 Å². The Labute approximate surface area is 165 Å². The molecule has 0 radical (unpaired) electrons. The fraction of sp³-hybridized carbons (Fsp3) is 0.211. The molecule has 1 amide bonds. The van der Waals surface area contributed by atoms with Crippen molar-refractivity contribution >= 4 is 23.4 Å². The predicted octanol–water partition coefficient (Wildman–Crippen LogP) is 2.38. The molecule has 2 aromatic carbocycles. The molecule has 0 atom stereocenters. The van der Waals surface area contributed by atoms with Crippen LogP contribution in [0.1, 0.15) is 6.42 Å². The average molecular weight is 402 g/mol. The van der Waals surface area contributed by atoms with Gasteiger partial charge in [-0.05, 0) is 21.7 Å². The number of anilines is 1. The Morgan fingerprint density at radius 1 is 1.14 bits per heavy atom. The number of nitrogens with one attached hydrogen (secondary N) is 2. The minimum atomic E-state index is -0.480. The highest BCUT2D eigenvalue weighted by Crippen LogP contribution is 2.26. The van der Waals surface area contributed by atoms with E-state index in [1.54, 1.807) is 37.1 Å². The maximum Gasteiger partial charge on any atom is 0.442 e. The third-order valence-electron chi connectivity index (χ3n) is 3.82. The van der Waals surface area contributed by atoms with Gasteiger partial charge in [-0.25, -0.2) is 4.79 Å². The molecule has 0 bridgehead atoms. The van der Waals surface area contributed by atoms with Crippen molar-refractivity contribution in [3.8, 4) is 17.2 Å². The Kier molecular flexibility index (Phi) is 6.38. The first-order valence-electron chi connectivity index (χ1n) is 8.45. The number of carbonyl (C=O) groups excluding carboxylic acids is 1. The Morgan fingerprint density at radius 3 is 2.46 bits per heavy atom. The molecule has 0 fully saturated rings. The molecule has 0 saturated carbocycles.